The smallest absolute Gasteiger partial charge is 0.184 e. The fourth-order valence-corrected chi connectivity index (χ4v) is 6.82. The van der Waals surface area contributed by atoms with Crippen molar-refractivity contribution in [3.8, 4) is 11.5 Å². The van der Waals surface area contributed by atoms with E-state index in [1.165, 1.54) is 25.7 Å². The van der Waals surface area contributed by atoms with Gasteiger partial charge in [0, 0.05) is 23.7 Å². The first kappa shape index (κ1) is 16.2. The minimum Gasteiger partial charge on any atom is -0.457 e. The predicted molar refractivity (Wildman–Crippen MR) is 117 cm³/mol. The topological polar surface area (TPSA) is 47.0 Å². The van der Waals surface area contributed by atoms with Crippen LogP contribution >= 0.6 is 11.3 Å². The summed E-state index contributed by atoms with van der Waals surface area (Å²) in [5.74, 6) is 3.55. The van der Waals surface area contributed by atoms with Crippen LogP contribution in [0.4, 0.5) is 5.13 Å². The minimum atomic E-state index is 0.627. The first-order chi connectivity index (χ1) is 14.3. The van der Waals surface area contributed by atoms with E-state index in [2.05, 4.69) is 22.4 Å². The lowest BCUT2D eigenvalue weighted by Crippen LogP contribution is -2.37. The molecule has 3 fully saturated rings. The number of thiazole rings is 1. The monoisotopic (exact) mass is 399 g/mol. The minimum absolute atomic E-state index is 0.627. The molecule has 7 rings (SSSR count). The van der Waals surface area contributed by atoms with E-state index >= 15 is 0 Å². The Kier molecular flexibility index (Phi) is 3.18. The Balaban J connectivity index is 1.16. The van der Waals surface area contributed by atoms with Crippen molar-refractivity contribution in [2.24, 2.45) is 17.3 Å². The molecule has 2 aromatic carbocycles. The summed E-state index contributed by atoms with van der Waals surface area (Å²) < 4.78 is 7.38. The van der Waals surface area contributed by atoms with Crippen LogP contribution in [0, 0.1) is 17.3 Å². The highest BCUT2D eigenvalue weighted by molar-refractivity contribution is 7.22. The highest BCUT2D eigenvalue weighted by atomic mass is 32.1. The second kappa shape index (κ2) is 5.70. The fourth-order valence-electron chi connectivity index (χ4n) is 5.87. The van der Waals surface area contributed by atoms with Crippen molar-refractivity contribution < 1.29 is 4.74 Å². The number of benzene rings is 2. The first-order valence-electron chi connectivity index (χ1n) is 10.5. The van der Waals surface area contributed by atoms with Gasteiger partial charge in [0.1, 0.15) is 11.5 Å². The molecule has 2 heterocycles. The Morgan fingerprint density at radius 1 is 1.10 bits per heavy atom. The molecule has 29 heavy (non-hydrogen) atoms. The maximum atomic E-state index is 6.22. The van der Waals surface area contributed by atoms with Gasteiger partial charge < -0.3 is 10.1 Å². The maximum Gasteiger partial charge on any atom is 0.184 e. The molecule has 3 aliphatic rings. The number of para-hydroxylation sites is 1. The quantitative estimate of drug-likeness (QED) is 0.441. The summed E-state index contributed by atoms with van der Waals surface area (Å²) >= 11 is 1.74. The van der Waals surface area contributed by atoms with Gasteiger partial charge >= 0.3 is 0 Å². The maximum absolute atomic E-state index is 6.22. The zero-order chi connectivity index (χ0) is 19.0. The molecule has 0 bridgehead atoms. The SMILES string of the molecule is c1ccc2c(Oc3ccc4nc(N[C@@H]5C[C@@H]6CC67CC[C@@H]57)sc4c3)ccnc2c1. The summed E-state index contributed by atoms with van der Waals surface area (Å²) in [4.78, 5) is 9.25. The average Bonchev–Trinajstić information content (AvgIpc) is 3.26. The van der Waals surface area contributed by atoms with Gasteiger partial charge in [0.15, 0.2) is 5.13 Å². The molecular weight excluding hydrogens is 378 g/mol. The summed E-state index contributed by atoms with van der Waals surface area (Å²) in [5, 5.41) is 5.85. The van der Waals surface area contributed by atoms with Crippen LogP contribution in [0.1, 0.15) is 25.7 Å². The molecule has 0 aliphatic heterocycles. The van der Waals surface area contributed by atoms with Crippen molar-refractivity contribution in [3.63, 3.8) is 0 Å². The van der Waals surface area contributed by atoms with Crippen LogP contribution < -0.4 is 10.1 Å². The van der Waals surface area contributed by atoms with Gasteiger partial charge in [-0.05, 0) is 73.3 Å². The Morgan fingerprint density at radius 3 is 2.97 bits per heavy atom. The number of ether oxygens (including phenoxy) is 1. The van der Waals surface area contributed by atoms with Crippen molar-refractivity contribution in [3.05, 3.63) is 54.7 Å². The van der Waals surface area contributed by atoms with Gasteiger partial charge in [-0.25, -0.2) is 4.98 Å². The summed E-state index contributed by atoms with van der Waals surface area (Å²) in [5.41, 5.74) is 2.72. The zero-order valence-electron chi connectivity index (χ0n) is 16.0. The van der Waals surface area contributed by atoms with Crippen LogP contribution in [0.15, 0.2) is 54.7 Å². The fraction of sp³-hybridized carbons (Fsp3) is 0.333. The van der Waals surface area contributed by atoms with Gasteiger partial charge in [0.05, 0.1) is 15.7 Å². The second-order valence-electron chi connectivity index (χ2n) is 8.84. The summed E-state index contributed by atoms with van der Waals surface area (Å²) in [6, 6.07) is 16.8. The largest absolute Gasteiger partial charge is 0.457 e. The highest BCUT2D eigenvalue weighted by Gasteiger charge is 2.70. The number of nitrogens with one attached hydrogen (secondary N) is 1. The van der Waals surface area contributed by atoms with E-state index in [9.17, 15) is 0 Å². The molecule has 3 aliphatic carbocycles. The Hall–Kier alpha value is -2.66. The number of hydrogen-bond donors (Lipinski definition) is 1. The average molecular weight is 400 g/mol. The van der Waals surface area contributed by atoms with Gasteiger partial charge in [-0.2, -0.15) is 0 Å². The van der Waals surface area contributed by atoms with Gasteiger partial charge in [0.2, 0.25) is 0 Å². The highest BCUT2D eigenvalue weighted by Crippen LogP contribution is 2.76. The summed E-state index contributed by atoms with van der Waals surface area (Å²) in [6.45, 7) is 0. The first-order valence-corrected chi connectivity index (χ1v) is 11.3. The van der Waals surface area contributed by atoms with E-state index in [4.69, 9.17) is 9.72 Å². The van der Waals surface area contributed by atoms with Crippen LogP contribution in [0.2, 0.25) is 0 Å². The van der Waals surface area contributed by atoms with E-state index < -0.39 is 0 Å². The van der Waals surface area contributed by atoms with E-state index in [0.717, 1.165) is 55.0 Å². The molecule has 0 saturated heterocycles. The van der Waals surface area contributed by atoms with Gasteiger partial charge in [-0.15, -0.1) is 0 Å². The number of nitrogens with zero attached hydrogens (tertiary/aromatic N) is 2. The number of anilines is 1. The van der Waals surface area contributed by atoms with Gasteiger partial charge in [-0.3, -0.25) is 4.98 Å². The molecule has 1 unspecified atom stereocenters. The van der Waals surface area contributed by atoms with Crippen molar-refractivity contribution >= 4 is 37.6 Å². The van der Waals surface area contributed by atoms with Crippen LogP contribution in [-0.2, 0) is 0 Å². The Morgan fingerprint density at radius 2 is 2.07 bits per heavy atom. The molecule has 1 N–H and O–H groups in total. The molecule has 5 heteroatoms. The van der Waals surface area contributed by atoms with Gasteiger partial charge in [0.25, 0.3) is 0 Å². The summed E-state index contributed by atoms with van der Waals surface area (Å²) in [7, 11) is 0. The van der Waals surface area contributed by atoms with Crippen LogP contribution in [0.25, 0.3) is 21.1 Å². The van der Waals surface area contributed by atoms with Crippen LogP contribution in [0.5, 0.6) is 11.5 Å². The predicted octanol–water partition coefficient (Wildman–Crippen LogP) is 6.24. The van der Waals surface area contributed by atoms with E-state index in [0.29, 0.717) is 6.04 Å². The van der Waals surface area contributed by atoms with Gasteiger partial charge in [-0.1, -0.05) is 23.5 Å². The Bertz CT molecular complexity index is 1260. The second-order valence-corrected chi connectivity index (χ2v) is 9.87. The zero-order valence-corrected chi connectivity index (χ0v) is 16.8. The molecule has 4 atom stereocenters. The molecule has 2 aromatic heterocycles. The molecule has 0 amide bonds. The molecule has 4 aromatic rings. The standard InChI is InChI=1S/C24H21N3OS/c1-2-4-18-16(3-1)21(8-10-25-18)28-15-5-6-19-22(12-15)29-23(26-19)27-20-11-14-13-24(14)9-7-17(20)24/h1-6,8,10,12,14,17,20H,7,9,11,13H2,(H,26,27)/t14-,17+,20-,24?/m1/s1. The number of rotatable bonds is 4. The molecule has 3 saturated carbocycles. The van der Waals surface area contributed by atoms with Crippen molar-refractivity contribution in [2.75, 3.05) is 5.32 Å². The third-order valence-corrected chi connectivity index (χ3v) is 8.42. The van der Waals surface area contributed by atoms with Crippen LogP contribution in [-0.4, -0.2) is 16.0 Å². The molecule has 4 nitrogen and oxygen atoms in total. The van der Waals surface area contributed by atoms with Crippen molar-refractivity contribution in [2.45, 2.75) is 31.7 Å². The molecular formula is C24H21N3OS. The number of pyridine rings is 1. The lowest BCUT2D eigenvalue weighted by atomic mass is 9.70. The number of hydrogen-bond acceptors (Lipinski definition) is 5. The Labute approximate surface area is 172 Å². The lowest BCUT2D eigenvalue weighted by molar-refractivity contribution is 0.155. The molecule has 0 radical (unpaired) electrons. The third-order valence-electron chi connectivity index (χ3n) is 7.47. The molecule has 144 valence electrons. The number of aromatic nitrogens is 2. The normalized spacial score (nSPS) is 29.3. The lowest BCUT2D eigenvalue weighted by Gasteiger charge is -2.38. The summed E-state index contributed by atoms with van der Waals surface area (Å²) in [6.07, 6.45) is 7.48. The van der Waals surface area contributed by atoms with E-state index in [1.807, 2.05) is 36.4 Å². The molecule has 1 spiro atoms. The van der Waals surface area contributed by atoms with Crippen LogP contribution in [0.3, 0.4) is 0 Å². The number of fused-ring (bicyclic) bond motifs is 2. The van der Waals surface area contributed by atoms with Crippen molar-refractivity contribution in [1.29, 1.82) is 0 Å². The van der Waals surface area contributed by atoms with E-state index in [1.54, 1.807) is 17.5 Å². The van der Waals surface area contributed by atoms with E-state index in [-0.39, 0.29) is 0 Å². The third kappa shape index (κ3) is 2.37. The van der Waals surface area contributed by atoms with Crippen molar-refractivity contribution in [1.82, 2.24) is 9.97 Å².